The zero-order chi connectivity index (χ0) is 11.9. The number of unbranched alkanes of at least 4 members (excludes halogenated alkanes) is 2. The third-order valence-electron chi connectivity index (χ3n) is 2.44. The van der Waals surface area contributed by atoms with E-state index in [4.69, 9.17) is 0 Å². The lowest BCUT2D eigenvalue weighted by molar-refractivity contribution is -0.126. The Morgan fingerprint density at radius 1 is 1.38 bits per heavy atom. The highest BCUT2D eigenvalue weighted by atomic mass is 79.9. The second kappa shape index (κ2) is 6.86. The van der Waals surface area contributed by atoms with Crippen LogP contribution in [0.3, 0.4) is 0 Å². The van der Waals surface area contributed by atoms with Gasteiger partial charge in [0.2, 0.25) is 5.91 Å². The molecule has 0 aromatic carbocycles. The zero-order valence-corrected chi connectivity index (χ0v) is 10.9. The highest BCUT2D eigenvalue weighted by molar-refractivity contribution is 9.09. The van der Waals surface area contributed by atoms with Crippen LogP contribution in [-0.4, -0.2) is 22.1 Å². The number of carbonyl (C=O) groups is 1. The molecule has 0 saturated heterocycles. The van der Waals surface area contributed by atoms with E-state index in [0.717, 1.165) is 24.6 Å². The molecule has 0 spiro atoms. The zero-order valence-electron chi connectivity index (χ0n) is 9.29. The van der Waals surface area contributed by atoms with Crippen molar-refractivity contribution in [2.24, 2.45) is 0 Å². The molecule has 0 fully saturated rings. The lowest BCUT2D eigenvalue weighted by Crippen LogP contribution is -2.47. The SMILES string of the molecule is O=C(CCCCCBr)NC1(O)C=CC=CC1. The molecule has 16 heavy (non-hydrogen) atoms. The van der Waals surface area contributed by atoms with Gasteiger partial charge in [0.25, 0.3) is 0 Å². The Bertz CT molecular complexity index is 289. The Morgan fingerprint density at radius 3 is 2.81 bits per heavy atom. The summed E-state index contributed by atoms with van der Waals surface area (Å²) >= 11 is 3.35. The largest absolute Gasteiger partial charge is 0.367 e. The van der Waals surface area contributed by atoms with E-state index in [1.807, 2.05) is 12.2 Å². The summed E-state index contributed by atoms with van der Waals surface area (Å²) in [6.45, 7) is 0. The monoisotopic (exact) mass is 287 g/mol. The van der Waals surface area contributed by atoms with Crippen LogP contribution in [0.15, 0.2) is 24.3 Å². The fraction of sp³-hybridized carbons (Fsp3) is 0.583. The second-order valence-corrected chi connectivity index (χ2v) is 4.76. The van der Waals surface area contributed by atoms with Crippen molar-refractivity contribution in [1.29, 1.82) is 0 Å². The van der Waals surface area contributed by atoms with Gasteiger partial charge < -0.3 is 10.4 Å². The van der Waals surface area contributed by atoms with E-state index in [1.165, 1.54) is 0 Å². The summed E-state index contributed by atoms with van der Waals surface area (Å²) < 4.78 is 0. The van der Waals surface area contributed by atoms with Crippen molar-refractivity contribution in [2.45, 2.75) is 37.8 Å². The molecule has 0 radical (unpaired) electrons. The van der Waals surface area contributed by atoms with Gasteiger partial charge >= 0.3 is 0 Å². The van der Waals surface area contributed by atoms with E-state index in [1.54, 1.807) is 12.2 Å². The molecule has 0 bridgehead atoms. The quantitative estimate of drug-likeness (QED) is 0.447. The van der Waals surface area contributed by atoms with Crippen molar-refractivity contribution < 1.29 is 9.90 Å². The van der Waals surface area contributed by atoms with E-state index in [0.29, 0.717) is 12.8 Å². The Kier molecular flexibility index (Phi) is 5.77. The highest BCUT2D eigenvalue weighted by Crippen LogP contribution is 2.14. The van der Waals surface area contributed by atoms with E-state index in [2.05, 4.69) is 21.2 Å². The van der Waals surface area contributed by atoms with Crippen LogP contribution in [0.5, 0.6) is 0 Å². The summed E-state index contributed by atoms with van der Waals surface area (Å²) in [7, 11) is 0. The van der Waals surface area contributed by atoms with E-state index in [9.17, 15) is 9.90 Å². The van der Waals surface area contributed by atoms with Gasteiger partial charge in [-0.2, -0.15) is 0 Å². The summed E-state index contributed by atoms with van der Waals surface area (Å²) in [5.74, 6) is -0.0861. The number of halogens is 1. The molecule has 0 aliphatic heterocycles. The molecular weight excluding hydrogens is 270 g/mol. The van der Waals surface area contributed by atoms with Crippen LogP contribution in [0, 0.1) is 0 Å². The lowest BCUT2D eigenvalue weighted by Gasteiger charge is -2.26. The summed E-state index contributed by atoms with van der Waals surface area (Å²) in [6, 6.07) is 0. The standard InChI is InChI=1S/C12H18BrNO2/c13-10-6-1-3-7-11(15)14-12(16)8-4-2-5-9-12/h2,4-5,8,16H,1,3,6-7,9-10H2,(H,14,15). The number of hydrogen-bond donors (Lipinski definition) is 2. The number of nitrogens with one attached hydrogen (secondary N) is 1. The van der Waals surface area contributed by atoms with Gasteiger partial charge in [0.05, 0.1) is 0 Å². The molecule has 1 aliphatic rings. The van der Waals surface area contributed by atoms with Crippen LogP contribution in [0.1, 0.15) is 32.1 Å². The number of aliphatic hydroxyl groups is 1. The first kappa shape index (κ1) is 13.5. The molecule has 1 rings (SSSR count). The van der Waals surface area contributed by atoms with Crippen molar-refractivity contribution in [3.05, 3.63) is 24.3 Å². The molecule has 1 unspecified atom stereocenters. The van der Waals surface area contributed by atoms with Crippen molar-refractivity contribution in [3.63, 3.8) is 0 Å². The third kappa shape index (κ3) is 4.94. The first-order chi connectivity index (χ1) is 7.66. The number of rotatable bonds is 6. The number of allylic oxidation sites excluding steroid dienone is 2. The first-order valence-electron chi connectivity index (χ1n) is 5.60. The number of amides is 1. The molecular formula is C12H18BrNO2. The van der Waals surface area contributed by atoms with Gasteiger partial charge in [-0.25, -0.2) is 0 Å². The van der Waals surface area contributed by atoms with Gasteiger partial charge in [-0.1, -0.05) is 40.6 Å². The fourth-order valence-electron chi connectivity index (χ4n) is 1.56. The molecule has 1 atom stereocenters. The smallest absolute Gasteiger partial charge is 0.222 e. The number of alkyl halides is 1. The maximum Gasteiger partial charge on any atom is 0.222 e. The van der Waals surface area contributed by atoms with Crippen molar-refractivity contribution >= 4 is 21.8 Å². The average Bonchev–Trinajstić information content (AvgIpc) is 2.25. The summed E-state index contributed by atoms with van der Waals surface area (Å²) in [4.78, 5) is 11.5. The van der Waals surface area contributed by atoms with Crippen LogP contribution >= 0.6 is 15.9 Å². The van der Waals surface area contributed by atoms with Crippen molar-refractivity contribution in [3.8, 4) is 0 Å². The van der Waals surface area contributed by atoms with Crippen molar-refractivity contribution in [2.75, 3.05) is 5.33 Å². The molecule has 0 saturated carbocycles. The molecule has 1 amide bonds. The normalized spacial score (nSPS) is 23.4. The minimum absolute atomic E-state index is 0.0861. The predicted molar refractivity (Wildman–Crippen MR) is 68.3 cm³/mol. The van der Waals surface area contributed by atoms with Crippen LogP contribution in [0.4, 0.5) is 0 Å². The topological polar surface area (TPSA) is 49.3 Å². The molecule has 4 heteroatoms. The van der Waals surface area contributed by atoms with Crippen molar-refractivity contribution in [1.82, 2.24) is 5.32 Å². The molecule has 3 nitrogen and oxygen atoms in total. The molecule has 90 valence electrons. The maximum atomic E-state index is 11.5. The van der Waals surface area contributed by atoms with Crippen LogP contribution in [-0.2, 0) is 4.79 Å². The van der Waals surface area contributed by atoms with Crippen LogP contribution < -0.4 is 5.32 Å². The van der Waals surface area contributed by atoms with E-state index >= 15 is 0 Å². The van der Waals surface area contributed by atoms with Gasteiger partial charge in [-0.3, -0.25) is 4.79 Å². The van der Waals surface area contributed by atoms with Gasteiger partial charge in [-0.05, 0) is 18.9 Å². The van der Waals surface area contributed by atoms with Crippen LogP contribution in [0.2, 0.25) is 0 Å². The number of carbonyl (C=O) groups excluding carboxylic acids is 1. The predicted octanol–water partition coefficient (Wildman–Crippen LogP) is 2.26. The van der Waals surface area contributed by atoms with Crippen LogP contribution in [0.25, 0.3) is 0 Å². The second-order valence-electron chi connectivity index (χ2n) is 3.96. The fourth-order valence-corrected chi connectivity index (χ4v) is 1.96. The third-order valence-corrected chi connectivity index (χ3v) is 3.00. The van der Waals surface area contributed by atoms with E-state index in [-0.39, 0.29) is 5.91 Å². The summed E-state index contributed by atoms with van der Waals surface area (Å²) in [5.41, 5.74) is -1.18. The highest BCUT2D eigenvalue weighted by Gasteiger charge is 2.24. The minimum Gasteiger partial charge on any atom is -0.367 e. The Hall–Kier alpha value is -0.610. The van der Waals surface area contributed by atoms with E-state index < -0.39 is 5.72 Å². The van der Waals surface area contributed by atoms with Gasteiger partial charge in [0.15, 0.2) is 5.72 Å². The molecule has 0 aromatic heterocycles. The molecule has 2 N–H and O–H groups in total. The Morgan fingerprint density at radius 2 is 2.19 bits per heavy atom. The molecule has 1 aliphatic carbocycles. The Balaban J connectivity index is 2.23. The van der Waals surface area contributed by atoms with Gasteiger partial charge in [0, 0.05) is 18.2 Å². The number of hydrogen-bond acceptors (Lipinski definition) is 2. The first-order valence-corrected chi connectivity index (χ1v) is 6.72. The lowest BCUT2D eigenvalue weighted by atomic mass is 10.0. The maximum absolute atomic E-state index is 11.5. The average molecular weight is 288 g/mol. The minimum atomic E-state index is -1.18. The van der Waals surface area contributed by atoms with Gasteiger partial charge in [0.1, 0.15) is 0 Å². The molecule has 0 aromatic rings. The summed E-state index contributed by atoms with van der Waals surface area (Å²) in [6.07, 6.45) is 11.0. The molecule has 0 heterocycles. The Labute approximate surface area is 105 Å². The van der Waals surface area contributed by atoms with Gasteiger partial charge in [-0.15, -0.1) is 0 Å². The summed E-state index contributed by atoms with van der Waals surface area (Å²) in [5, 5.41) is 13.6.